The Bertz CT molecular complexity index is 1200. The number of aromatic nitrogens is 2. The number of carbonyl (C=O) groups excluding carboxylic acids is 1. The maximum Gasteiger partial charge on any atom is 0.339 e. The molecule has 6 nitrogen and oxygen atoms in total. The second-order valence-electron chi connectivity index (χ2n) is 6.76. The first kappa shape index (κ1) is 19.1. The van der Waals surface area contributed by atoms with Crippen molar-refractivity contribution < 1.29 is 14.7 Å². The molecule has 0 unspecified atom stereocenters. The summed E-state index contributed by atoms with van der Waals surface area (Å²) in [5, 5.41) is 17.2. The average molecular weight is 397 g/mol. The highest BCUT2D eigenvalue weighted by molar-refractivity contribution is 6.04. The number of aromatic carboxylic acids is 1. The Hall–Kier alpha value is -4.19. The van der Waals surface area contributed by atoms with Gasteiger partial charge in [0.15, 0.2) is 0 Å². The topological polar surface area (TPSA) is 84.2 Å². The molecule has 1 amide bonds. The normalized spacial score (nSPS) is 10.6. The van der Waals surface area contributed by atoms with Gasteiger partial charge >= 0.3 is 5.97 Å². The second kappa shape index (κ2) is 8.05. The summed E-state index contributed by atoms with van der Waals surface area (Å²) in [6.07, 6.45) is 0. The van der Waals surface area contributed by atoms with E-state index in [1.165, 1.54) is 0 Å². The van der Waals surface area contributed by atoms with Crippen LogP contribution in [0.1, 0.15) is 26.4 Å². The van der Waals surface area contributed by atoms with Crippen LogP contribution in [-0.2, 0) is 0 Å². The van der Waals surface area contributed by atoms with Gasteiger partial charge in [0.05, 0.1) is 11.4 Å². The highest BCUT2D eigenvalue weighted by atomic mass is 16.4. The molecule has 4 aromatic rings. The molecule has 148 valence electrons. The second-order valence-corrected chi connectivity index (χ2v) is 6.76. The number of nitrogens with zero attached hydrogens (tertiary/aromatic N) is 2. The number of anilines is 1. The lowest BCUT2D eigenvalue weighted by Gasteiger charge is -2.06. The van der Waals surface area contributed by atoms with Gasteiger partial charge in [0.1, 0.15) is 11.3 Å². The van der Waals surface area contributed by atoms with E-state index in [1.54, 1.807) is 60.1 Å². The predicted octanol–water partition coefficient (Wildman–Crippen LogP) is 4.80. The van der Waals surface area contributed by atoms with E-state index in [0.717, 1.165) is 5.69 Å². The molecule has 0 aliphatic heterocycles. The molecule has 2 N–H and O–H groups in total. The molecule has 30 heavy (non-hydrogen) atoms. The first-order chi connectivity index (χ1) is 14.5. The Labute approximate surface area is 173 Å². The van der Waals surface area contributed by atoms with Crippen molar-refractivity contribution in [1.82, 2.24) is 9.78 Å². The number of carbonyl (C=O) groups is 2. The molecule has 1 aromatic heterocycles. The van der Waals surface area contributed by atoms with Gasteiger partial charge in [0, 0.05) is 16.8 Å². The number of para-hydroxylation sites is 1. The summed E-state index contributed by atoms with van der Waals surface area (Å²) >= 11 is 0. The predicted molar refractivity (Wildman–Crippen MR) is 115 cm³/mol. The highest BCUT2D eigenvalue weighted by Crippen LogP contribution is 2.28. The van der Waals surface area contributed by atoms with E-state index >= 15 is 0 Å². The lowest BCUT2D eigenvalue weighted by molar-refractivity contribution is 0.0696. The summed E-state index contributed by atoms with van der Waals surface area (Å²) < 4.78 is 1.63. The fourth-order valence-electron chi connectivity index (χ4n) is 3.29. The molecule has 0 fully saturated rings. The van der Waals surface area contributed by atoms with Crippen molar-refractivity contribution >= 4 is 17.6 Å². The van der Waals surface area contributed by atoms with E-state index in [0.29, 0.717) is 28.2 Å². The van der Waals surface area contributed by atoms with E-state index in [1.807, 2.05) is 36.4 Å². The van der Waals surface area contributed by atoms with Gasteiger partial charge in [-0.15, -0.1) is 0 Å². The van der Waals surface area contributed by atoms with Crippen molar-refractivity contribution in [3.8, 4) is 16.9 Å². The van der Waals surface area contributed by atoms with Crippen molar-refractivity contribution in [3.05, 3.63) is 102 Å². The van der Waals surface area contributed by atoms with Gasteiger partial charge in [-0.3, -0.25) is 4.79 Å². The Morgan fingerprint density at radius 1 is 0.867 bits per heavy atom. The number of hydrogen-bond acceptors (Lipinski definition) is 3. The lowest BCUT2D eigenvalue weighted by Crippen LogP contribution is -2.11. The number of hydrogen-bond donors (Lipinski definition) is 2. The third-order valence-electron chi connectivity index (χ3n) is 4.78. The third-order valence-corrected chi connectivity index (χ3v) is 4.78. The molecule has 0 spiro atoms. The first-order valence-electron chi connectivity index (χ1n) is 9.40. The number of carboxylic acids is 1. The molecule has 6 heteroatoms. The molecule has 4 rings (SSSR count). The van der Waals surface area contributed by atoms with Crippen molar-refractivity contribution in [2.75, 3.05) is 5.32 Å². The van der Waals surface area contributed by atoms with E-state index in [2.05, 4.69) is 10.4 Å². The van der Waals surface area contributed by atoms with Crippen LogP contribution in [0, 0.1) is 6.92 Å². The summed E-state index contributed by atoms with van der Waals surface area (Å²) in [6.45, 7) is 1.74. The zero-order valence-corrected chi connectivity index (χ0v) is 16.2. The van der Waals surface area contributed by atoms with Crippen LogP contribution in [0.25, 0.3) is 16.9 Å². The summed E-state index contributed by atoms with van der Waals surface area (Å²) in [5.41, 5.74) is 3.70. The van der Waals surface area contributed by atoms with E-state index in [-0.39, 0.29) is 11.5 Å². The minimum atomic E-state index is -1.04. The van der Waals surface area contributed by atoms with Crippen LogP contribution in [0.5, 0.6) is 0 Å². The maximum absolute atomic E-state index is 12.3. The quantitative estimate of drug-likeness (QED) is 0.507. The molecule has 0 aliphatic rings. The fraction of sp³-hybridized carbons (Fsp3) is 0.0417. The lowest BCUT2D eigenvalue weighted by atomic mass is 10.1. The maximum atomic E-state index is 12.3. The minimum Gasteiger partial charge on any atom is -0.478 e. The average Bonchev–Trinajstić information content (AvgIpc) is 3.13. The molecule has 0 saturated carbocycles. The van der Waals surface area contributed by atoms with Crippen molar-refractivity contribution in [2.45, 2.75) is 6.92 Å². The largest absolute Gasteiger partial charge is 0.478 e. The number of nitrogens with one attached hydrogen (secondary N) is 1. The van der Waals surface area contributed by atoms with Gasteiger partial charge in [-0.05, 0) is 43.3 Å². The molecule has 0 atom stereocenters. The van der Waals surface area contributed by atoms with Gasteiger partial charge in [0.2, 0.25) is 0 Å². The SMILES string of the molecule is Cc1c(C(=O)O)c(-c2ccc(NC(=O)c3ccccc3)cc2)nn1-c1ccccc1. The van der Waals surface area contributed by atoms with E-state index in [4.69, 9.17) is 0 Å². The van der Waals surface area contributed by atoms with Gasteiger partial charge in [0.25, 0.3) is 5.91 Å². The van der Waals surface area contributed by atoms with Crippen molar-refractivity contribution in [1.29, 1.82) is 0 Å². The number of benzene rings is 3. The van der Waals surface area contributed by atoms with Crippen molar-refractivity contribution in [2.24, 2.45) is 0 Å². The number of amides is 1. The van der Waals surface area contributed by atoms with Gasteiger partial charge in [-0.25, -0.2) is 9.48 Å². The van der Waals surface area contributed by atoms with Gasteiger partial charge in [-0.1, -0.05) is 48.5 Å². The number of rotatable bonds is 5. The van der Waals surface area contributed by atoms with Crippen LogP contribution in [0.3, 0.4) is 0 Å². The summed E-state index contributed by atoms with van der Waals surface area (Å²) in [7, 11) is 0. The molecular weight excluding hydrogens is 378 g/mol. The number of carboxylic acid groups (broad SMARTS) is 1. The monoisotopic (exact) mass is 397 g/mol. The van der Waals surface area contributed by atoms with E-state index in [9.17, 15) is 14.7 Å². The van der Waals surface area contributed by atoms with Crippen LogP contribution in [0.15, 0.2) is 84.9 Å². The smallest absolute Gasteiger partial charge is 0.339 e. The van der Waals surface area contributed by atoms with Gasteiger partial charge < -0.3 is 10.4 Å². The summed E-state index contributed by atoms with van der Waals surface area (Å²) in [4.78, 5) is 24.2. The fourth-order valence-corrected chi connectivity index (χ4v) is 3.29. The Kier molecular flexibility index (Phi) is 5.13. The van der Waals surface area contributed by atoms with E-state index < -0.39 is 5.97 Å². The van der Waals surface area contributed by atoms with Crippen LogP contribution in [-0.4, -0.2) is 26.8 Å². The standard InChI is InChI=1S/C24H19N3O3/c1-16-21(24(29)30)22(26-27(16)20-10-6-3-7-11-20)17-12-14-19(15-13-17)25-23(28)18-8-4-2-5-9-18/h2-15H,1H3,(H,25,28)(H,29,30). The Morgan fingerprint density at radius 3 is 2.07 bits per heavy atom. The highest BCUT2D eigenvalue weighted by Gasteiger charge is 2.22. The van der Waals surface area contributed by atoms with Crippen LogP contribution < -0.4 is 5.32 Å². The third kappa shape index (κ3) is 3.71. The Balaban J connectivity index is 1.66. The van der Waals surface area contributed by atoms with Gasteiger partial charge in [-0.2, -0.15) is 5.10 Å². The summed E-state index contributed by atoms with van der Waals surface area (Å²) in [6, 6.07) is 25.3. The van der Waals surface area contributed by atoms with Crippen LogP contribution >= 0.6 is 0 Å². The molecule has 0 aliphatic carbocycles. The first-order valence-corrected chi connectivity index (χ1v) is 9.40. The molecule has 0 bridgehead atoms. The van der Waals surface area contributed by atoms with Crippen molar-refractivity contribution in [3.63, 3.8) is 0 Å². The molecule has 3 aromatic carbocycles. The van der Waals surface area contributed by atoms with Crippen LogP contribution in [0.2, 0.25) is 0 Å². The zero-order chi connectivity index (χ0) is 21.1. The zero-order valence-electron chi connectivity index (χ0n) is 16.2. The summed E-state index contributed by atoms with van der Waals surface area (Å²) in [5.74, 6) is -1.25. The van der Waals surface area contributed by atoms with Crippen LogP contribution in [0.4, 0.5) is 5.69 Å². The Morgan fingerprint density at radius 2 is 1.47 bits per heavy atom. The molecule has 1 heterocycles. The molecule has 0 radical (unpaired) electrons. The minimum absolute atomic E-state index is 0.153. The molecule has 0 saturated heterocycles. The molecular formula is C24H19N3O3.